The van der Waals surface area contributed by atoms with E-state index in [1.807, 2.05) is 6.92 Å². The fraction of sp³-hybridized carbons (Fsp3) is 0.692. The topological polar surface area (TPSA) is 76.2 Å². The molecule has 3 N–H and O–H groups in total. The first-order valence-electron chi connectivity index (χ1n) is 6.80. The number of nitrogens with one attached hydrogen (secondary N) is 1. The molecule has 1 unspecified atom stereocenters. The van der Waals surface area contributed by atoms with E-state index in [1.165, 1.54) is 6.20 Å². The highest BCUT2D eigenvalue weighted by Crippen LogP contribution is 2.10. The minimum atomic E-state index is -0.158. The summed E-state index contributed by atoms with van der Waals surface area (Å²) in [5.74, 6) is -0.158. The Labute approximate surface area is 114 Å². The van der Waals surface area contributed by atoms with Crippen LogP contribution in [0, 0.1) is 0 Å². The Hall–Kier alpha value is -1.56. The van der Waals surface area contributed by atoms with Gasteiger partial charge in [0.15, 0.2) is 0 Å². The smallest absolute Gasteiger partial charge is 0.271 e. The van der Waals surface area contributed by atoms with Crippen LogP contribution in [0.25, 0.3) is 0 Å². The zero-order valence-corrected chi connectivity index (χ0v) is 12.3. The van der Waals surface area contributed by atoms with Crippen molar-refractivity contribution in [3.05, 3.63) is 11.9 Å². The van der Waals surface area contributed by atoms with Crippen LogP contribution in [0.5, 0.6) is 0 Å². The summed E-state index contributed by atoms with van der Waals surface area (Å²) in [6, 6.07) is 0.517. The Morgan fingerprint density at radius 2 is 2.26 bits per heavy atom. The SMILES string of the molecule is CCC(C)N(C)CCNC(=O)c1c(N)cnn1CC. The molecule has 0 aliphatic carbocycles. The molecule has 6 nitrogen and oxygen atoms in total. The zero-order valence-electron chi connectivity index (χ0n) is 12.3. The minimum absolute atomic E-state index is 0.158. The van der Waals surface area contributed by atoms with E-state index in [1.54, 1.807) is 4.68 Å². The first kappa shape index (κ1) is 15.5. The van der Waals surface area contributed by atoms with Gasteiger partial charge in [0.2, 0.25) is 0 Å². The normalized spacial score (nSPS) is 12.7. The number of anilines is 1. The number of nitrogen functional groups attached to an aromatic ring is 1. The van der Waals surface area contributed by atoms with Crippen molar-refractivity contribution in [3.63, 3.8) is 0 Å². The second kappa shape index (κ2) is 7.13. The monoisotopic (exact) mass is 267 g/mol. The third-order valence-electron chi connectivity index (χ3n) is 3.48. The first-order valence-corrected chi connectivity index (χ1v) is 6.80. The lowest BCUT2D eigenvalue weighted by atomic mass is 10.2. The molecule has 1 rings (SSSR count). The van der Waals surface area contributed by atoms with Gasteiger partial charge >= 0.3 is 0 Å². The van der Waals surface area contributed by atoms with Crippen molar-refractivity contribution in [2.75, 3.05) is 25.9 Å². The molecule has 6 heteroatoms. The second-order valence-electron chi connectivity index (χ2n) is 4.76. The summed E-state index contributed by atoms with van der Waals surface area (Å²) in [7, 11) is 2.06. The lowest BCUT2D eigenvalue weighted by molar-refractivity contribution is 0.0937. The Kier molecular flexibility index (Phi) is 5.82. The van der Waals surface area contributed by atoms with Crippen molar-refractivity contribution in [1.82, 2.24) is 20.0 Å². The van der Waals surface area contributed by atoms with Gasteiger partial charge in [-0.3, -0.25) is 9.48 Å². The number of rotatable bonds is 7. The van der Waals surface area contributed by atoms with Gasteiger partial charge in [0, 0.05) is 25.7 Å². The average Bonchev–Trinajstić information content (AvgIpc) is 2.78. The highest BCUT2D eigenvalue weighted by molar-refractivity contribution is 5.97. The fourth-order valence-corrected chi connectivity index (χ4v) is 1.85. The number of nitrogens with zero attached hydrogens (tertiary/aromatic N) is 3. The van der Waals surface area contributed by atoms with Crippen LogP contribution in [0.15, 0.2) is 6.20 Å². The molecule has 0 radical (unpaired) electrons. The maximum atomic E-state index is 12.1. The third kappa shape index (κ3) is 3.96. The zero-order chi connectivity index (χ0) is 14.4. The molecule has 1 amide bonds. The van der Waals surface area contributed by atoms with Crippen molar-refractivity contribution >= 4 is 11.6 Å². The number of hydrogen-bond donors (Lipinski definition) is 2. The van der Waals surface area contributed by atoms with Gasteiger partial charge < -0.3 is 16.0 Å². The van der Waals surface area contributed by atoms with E-state index in [0.717, 1.165) is 13.0 Å². The molecule has 0 saturated carbocycles. The summed E-state index contributed by atoms with van der Waals surface area (Å²) >= 11 is 0. The van der Waals surface area contributed by atoms with Gasteiger partial charge in [0.1, 0.15) is 5.69 Å². The van der Waals surface area contributed by atoms with Gasteiger partial charge in [-0.25, -0.2) is 0 Å². The second-order valence-corrected chi connectivity index (χ2v) is 4.76. The predicted octanol–water partition coefficient (Wildman–Crippen LogP) is 0.945. The van der Waals surface area contributed by atoms with Crippen molar-refractivity contribution in [1.29, 1.82) is 0 Å². The molecule has 0 aliphatic rings. The molecular formula is C13H25N5O. The molecule has 108 valence electrons. The molecule has 1 aromatic rings. The maximum absolute atomic E-state index is 12.1. The number of amides is 1. The minimum Gasteiger partial charge on any atom is -0.396 e. The standard InChI is InChI=1S/C13H25N5O/c1-5-10(3)17(4)8-7-15-13(19)12-11(14)9-16-18(12)6-2/h9-10H,5-8,14H2,1-4H3,(H,15,19). The van der Waals surface area contributed by atoms with Crippen LogP contribution in [-0.2, 0) is 6.54 Å². The highest BCUT2D eigenvalue weighted by Gasteiger charge is 2.16. The summed E-state index contributed by atoms with van der Waals surface area (Å²) in [5, 5.41) is 6.95. The number of likely N-dealkylation sites (N-methyl/N-ethyl adjacent to an activating group) is 1. The van der Waals surface area contributed by atoms with Gasteiger partial charge in [-0.2, -0.15) is 5.10 Å². The van der Waals surface area contributed by atoms with Crippen LogP contribution in [0.3, 0.4) is 0 Å². The van der Waals surface area contributed by atoms with E-state index in [0.29, 0.717) is 30.5 Å². The lowest BCUT2D eigenvalue weighted by Gasteiger charge is -2.23. The van der Waals surface area contributed by atoms with Crippen LogP contribution >= 0.6 is 0 Å². The van der Waals surface area contributed by atoms with Crippen molar-refractivity contribution in [2.45, 2.75) is 39.8 Å². The number of hydrogen-bond acceptors (Lipinski definition) is 4. The van der Waals surface area contributed by atoms with Crippen molar-refractivity contribution in [3.8, 4) is 0 Å². The number of aryl methyl sites for hydroxylation is 1. The maximum Gasteiger partial charge on any atom is 0.271 e. The largest absolute Gasteiger partial charge is 0.396 e. The van der Waals surface area contributed by atoms with Crippen LogP contribution in [0.4, 0.5) is 5.69 Å². The van der Waals surface area contributed by atoms with Gasteiger partial charge in [0.05, 0.1) is 11.9 Å². The molecule has 1 aromatic heterocycles. The van der Waals surface area contributed by atoms with E-state index < -0.39 is 0 Å². The van der Waals surface area contributed by atoms with E-state index in [-0.39, 0.29) is 5.91 Å². The Morgan fingerprint density at radius 1 is 1.58 bits per heavy atom. The Bertz CT molecular complexity index is 415. The van der Waals surface area contributed by atoms with E-state index >= 15 is 0 Å². The van der Waals surface area contributed by atoms with Gasteiger partial charge in [-0.05, 0) is 27.3 Å². The molecule has 1 atom stereocenters. The number of carbonyl (C=O) groups excluding carboxylic acids is 1. The molecule has 0 spiro atoms. The molecule has 19 heavy (non-hydrogen) atoms. The Balaban J connectivity index is 2.50. The molecule has 0 saturated heterocycles. The summed E-state index contributed by atoms with van der Waals surface area (Å²) in [4.78, 5) is 14.3. The first-order chi connectivity index (χ1) is 9.01. The summed E-state index contributed by atoms with van der Waals surface area (Å²) in [5.41, 5.74) is 6.64. The summed E-state index contributed by atoms with van der Waals surface area (Å²) < 4.78 is 1.61. The molecule has 1 heterocycles. The molecular weight excluding hydrogens is 242 g/mol. The molecule has 0 aliphatic heterocycles. The quantitative estimate of drug-likeness (QED) is 0.771. The van der Waals surface area contributed by atoms with Crippen molar-refractivity contribution < 1.29 is 4.79 Å². The number of nitrogens with two attached hydrogens (primary N) is 1. The summed E-state index contributed by atoms with van der Waals surface area (Å²) in [6.45, 7) is 8.31. The van der Waals surface area contributed by atoms with Crippen molar-refractivity contribution in [2.24, 2.45) is 0 Å². The molecule has 0 bridgehead atoms. The van der Waals surface area contributed by atoms with Gasteiger partial charge in [-0.1, -0.05) is 6.92 Å². The third-order valence-corrected chi connectivity index (χ3v) is 3.48. The van der Waals surface area contributed by atoms with Gasteiger partial charge in [0.25, 0.3) is 5.91 Å². The Morgan fingerprint density at radius 3 is 2.84 bits per heavy atom. The van der Waals surface area contributed by atoms with Crippen LogP contribution in [-0.4, -0.2) is 46.8 Å². The van der Waals surface area contributed by atoms with Crippen LogP contribution in [0.2, 0.25) is 0 Å². The van der Waals surface area contributed by atoms with E-state index in [9.17, 15) is 4.79 Å². The average molecular weight is 267 g/mol. The summed E-state index contributed by atoms with van der Waals surface area (Å²) in [6.07, 6.45) is 2.61. The van der Waals surface area contributed by atoms with Gasteiger partial charge in [-0.15, -0.1) is 0 Å². The predicted molar refractivity (Wildman–Crippen MR) is 77.0 cm³/mol. The van der Waals surface area contributed by atoms with E-state index in [4.69, 9.17) is 5.73 Å². The molecule has 0 fully saturated rings. The number of aromatic nitrogens is 2. The molecule has 0 aromatic carbocycles. The fourth-order valence-electron chi connectivity index (χ4n) is 1.85. The van der Waals surface area contributed by atoms with Crippen LogP contribution < -0.4 is 11.1 Å². The van der Waals surface area contributed by atoms with Crippen LogP contribution in [0.1, 0.15) is 37.7 Å². The highest BCUT2D eigenvalue weighted by atomic mass is 16.2. The van der Waals surface area contributed by atoms with E-state index in [2.05, 4.69) is 36.2 Å². The number of carbonyl (C=O) groups is 1. The lowest BCUT2D eigenvalue weighted by Crippen LogP contribution is -2.37.